The van der Waals surface area contributed by atoms with Crippen LogP contribution in [-0.2, 0) is 19.4 Å². The smallest absolute Gasteiger partial charge is 0.224 e. The fourth-order valence-electron chi connectivity index (χ4n) is 2.61. The van der Waals surface area contributed by atoms with E-state index in [0.29, 0.717) is 0 Å². The highest BCUT2D eigenvalue weighted by Crippen LogP contribution is 2.13. The minimum atomic E-state index is -3.46. The summed E-state index contributed by atoms with van der Waals surface area (Å²) in [6.07, 6.45) is 2.23. The fourth-order valence-corrected chi connectivity index (χ4v) is 3.85. The molecule has 24 heavy (non-hydrogen) atoms. The van der Waals surface area contributed by atoms with Crippen molar-refractivity contribution < 1.29 is 18.0 Å². The van der Waals surface area contributed by atoms with Crippen LogP contribution in [0, 0.1) is 6.92 Å². The summed E-state index contributed by atoms with van der Waals surface area (Å²) in [5.41, 5.74) is 0.981. The predicted octanol–water partition coefficient (Wildman–Crippen LogP) is 1.29. The van der Waals surface area contributed by atoms with Gasteiger partial charge in [0.25, 0.3) is 0 Å². The molecule has 1 heterocycles. The molecule has 1 aromatic carbocycles. The van der Waals surface area contributed by atoms with Crippen LogP contribution in [0.15, 0.2) is 29.2 Å². The number of aryl methyl sites for hydroxylation is 1. The number of sulfone groups is 1. The Bertz CT molecular complexity index is 677. The van der Waals surface area contributed by atoms with Crippen molar-refractivity contribution in [3.8, 4) is 0 Å². The first kappa shape index (κ1) is 18.4. The maximum absolute atomic E-state index is 12.2. The van der Waals surface area contributed by atoms with Gasteiger partial charge in [-0.2, -0.15) is 0 Å². The molecule has 132 valence electrons. The Morgan fingerprint density at radius 2 is 1.71 bits per heavy atom. The first-order chi connectivity index (χ1) is 11.4. The van der Waals surface area contributed by atoms with Crippen LogP contribution < -0.4 is 5.32 Å². The molecule has 0 radical (unpaired) electrons. The Morgan fingerprint density at radius 3 is 2.33 bits per heavy atom. The summed E-state index contributed by atoms with van der Waals surface area (Å²) in [5.74, 6) is -0.540. The molecule has 0 unspecified atom stereocenters. The lowest BCUT2D eigenvalue weighted by molar-refractivity contribution is -0.130. The van der Waals surface area contributed by atoms with Crippen LogP contribution in [0.1, 0.15) is 31.2 Å². The molecule has 1 aliphatic heterocycles. The van der Waals surface area contributed by atoms with Crippen molar-refractivity contribution in [2.24, 2.45) is 0 Å². The van der Waals surface area contributed by atoms with Crippen LogP contribution in [0.2, 0.25) is 0 Å². The van der Waals surface area contributed by atoms with Crippen molar-refractivity contribution in [3.05, 3.63) is 29.8 Å². The Hall–Kier alpha value is -1.89. The molecule has 6 nitrogen and oxygen atoms in total. The second-order valence-electron chi connectivity index (χ2n) is 6.07. The summed E-state index contributed by atoms with van der Waals surface area (Å²) in [5, 5.41) is 2.62. The SMILES string of the molecule is Cc1ccc(S(=O)(=O)CCC(=O)NCCC(=O)N2CCCC2)cc1. The number of carbonyl (C=O) groups is 2. The van der Waals surface area contributed by atoms with Crippen LogP contribution in [0.5, 0.6) is 0 Å². The van der Waals surface area contributed by atoms with Crippen molar-refractivity contribution in [3.63, 3.8) is 0 Å². The van der Waals surface area contributed by atoms with E-state index < -0.39 is 9.84 Å². The number of likely N-dealkylation sites (tertiary alicyclic amines) is 1. The molecule has 7 heteroatoms. The molecule has 2 rings (SSSR count). The maximum Gasteiger partial charge on any atom is 0.224 e. The van der Waals surface area contributed by atoms with E-state index in [0.717, 1.165) is 31.5 Å². The Kier molecular flexibility index (Phi) is 6.36. The Morgan fingerprint density at radius 1 is 1.08 bits per heavy atom. The molecular formula is C17H24N2O4S. The first-order valence-electron chi connectivity index (χ1n) is 8.22. The average Bonchev–Trinajstić information content (AvgIpc) is 3.08. The summed E-state index contributed by atoms with van der Waals surface area (Å²) in [6, 6.07) is 6.57. The fraction of sp³-hybridized carbons (Fsp3) is 0.529. The van der Waals surface area contributed by atoms with E-state index in [1.165, 1.54) is 0 Å². The van der Waals surface area contributed by atoms with Crippen molar-refractivity contribution in [2.75, 3.05) is 25.4 Å². The van der Waals surface area contributed by atoms with Gasteiger partial charge >= 0.3 is 0 Å². The lowest BCUT2D eigenvalue weighted by atomic mass is 10.2. The van der Waals surface area contributed by atoms with Gasteiger partial charge in [0.2, 0.25) is 11.8 Å². The molecule has 1 aliphatic rings. The van der Waals surface area contributed by atoms with E-state index in [9.17, 15) is 18.0 Å². The normalized spacial score (nSPS) is 14.6. The van der Waals surface area contributed by atoms with Gasteiger partial charge in [-0.1, -0.05) is 17.7 Å². The van der Waals surface area contributed by atoms with Crippen LogP contribution in [0.3, 0.4) is 0 Å². The molecule has 1 N–H and O–H groups in total. The number of rotatable bonds is 7. The van der Waals surface area contributed by atoms with Gasteiger partial charge in [-0.05, 0) is 31.9 Å². The largest absolute Gasteiger partial charge is 0.356 e. The van der Waals surface area contributed by atoms with Crippen LogP contribution in [0.4, 0.5) is 0 Å². The summed E-state index contributed by atoms with van der Waals surface area (Å²) in [4.78, 5) is 25.6. The molecule has 0 atom stereocenters. The third kappa shape index (κ3) is 5.33. The Balaban J connectivity index is 1.72. The predicted molar refractivity (Wildman–Crippen MR) is 91.3 cm³/mol. The zero-order chi connectivity index (χ0) is 17.6. The van der Waals surface area contributed by atoms with Gasteiger partial charge in [0.15, 0.2) is 9.84 Å². The summed E-state index contributed by atoms with van der Waals surface area (Å²) in [6.45, 7) is 3.72. The highest BCUT2D eigenvalue weighted by atomic mass is 32.2. The van der Waals surface area contributed by atoms with Gasteiger partial charge in [-0.15, -0.1) is 0 Å². The molecule has 2 amide bonds. The minimum Gasteiger partial charge on any atom is -0.356 e. The lowest BCUT2D eigenvalue weighted by Crippen LogP contribution is -2.33. The number of amides is 2. The van der Waals surface area contributed by atoms with Gasteiger partial charge in [0.1, 0.15) is 0 Å². The van der Waals surface area contributed by atoms with Gasteiger partial charge < -0.3 is 10.2 Å². The molecule has 0 saturated carbocycles. The van der Waals surface area contributed by atoms with E-state index in [-0.39, 0.29) is 41.8 Å². The van der Waals surface area contributed by atoms with Crippen LogP contribution in [-0.4, -0.2) is 50.5 Å². The molecule has 0 bridgehead atoms. The Labute approximate surface area is 143 Å². The van der Waals surface area contributed by atoms with Crippen molar-refractivity contribution >= 4 is 21.7 Å². The number of hydrogen-bond donors (Lipinski definition) is 1. The molecule has 0 spiro atoms. The molecular weight excluding hydrogens is 328 g/mol. The zero-order valence-electron chi connectivity index (χ0n) is 14.0. The monoisotopic (exact) mass is 352 g/mol. The number of nitrogens with zero attached hydrogens (tertiary/aromatic N) is 1. The quantitative estimate of drug-likeness (QED) is 0.801. The van der Waals surface area contributed by atoms with E-state index >= 15 is 0 Å². The molecule has 0 aromatic heterocycles. The molecule has 1 saturated heterocycles. The molecule has 1 aromatic rings. The minimum absolute atomic E-state index is 0.0417. The van der Waals surface area contributed by atoms with Gasteiger partial charge in [-0.3, -0.25) is 9.59 Å². The van der Waals surface area contributed by atoms with Gasteiger partial charge in [0.05, 0.1) is 10.6 Å². The average molecular weight is 352 g/mol. The topological polar surface area (TPSA) is 83.5 Å². The number of hydrogen-bond acceptors (Lipinski definition) is 4. The van der Waals surface area contributed by atoms with E-state index in [2.05, 4.69) is 5.32 Å². The second-order valence-corrected chi connectivity index (χ2v) is 8.18. The van der Waals surface area contributed by atoms with E-state index in [1.807, 2.05) is 6.92 Å². The van der Waals surface area contributed by atoms with E-state index in [1.54, 1.807) is 29.2 Å². The molecule has 0 aliphatic carbocycles. The highest BCUT2D eigenvalue weighted by molar-refractivity contribution is 7.91. The third-order valence-corrected chi connectivity index (χ3v) is 5.83. The van der Waals surface area contributed by atoms with Gasteiger partial charge in [-0.25, -0.2) is 8.42 Å². The van der Waals surface area contributed by atoms with Crippen molar-refractivity contribution in [1.82, 2.24) is 10.2 Å². The maximum atomic E-state index is 12.2. The molecule has 1 fully saturated rings. The number of benzene rings is 1. The third-order valence-electron chi connectivity index (χ3n) is 4.10. The lowest BCUT2D eigenvalue weighted by Gasteiger charge is -2.15. The summed E-state index contributed by atoms with van der Waals surface area (Å²) >= 11 is 0. The summed E-state index contributed by atoms with van der Waals surface area (Å²) in [7, 11) is -3.46. The zero-order valence-corrected chi connectivity index (χ0v) is 14.8. The van der Waals surface area contributed by atoms with Crippen molar-refractivity contribution in [1.29, 1.82) is 0 Å². The second kappa shape index (κ2) is 8.28. The number of nitrogens with one attached hydrogen (secondary N) is 1. The van der Waals surface area contributed by atoms with Gasteiger partial charge in [0, 0.05) is 32.5 Å². The summed E-state index contributed by atoms with van der Waals surface area (Å²) < 4.78 is 24.3. The number of carbonyl (C=O) groups excluding carboxylic acids is 2. The van der Waals surface area contributed by atoms with Crippen LogP contribution in [0.25, 0.3) is 0 Å². The van der Waals surface area contributed by atoms with Crippen LogP contribution >= 0.6 is 0 Å². The highest BCUT2D eigenvalue weighted by Gasteiger charge is 2.18. The van der Waals surface area contributed by atoms with Crippen molar-refractivity contribution in [2.45, 2.75) is 37.5 Å². The first-order valence-corrected chi connectivity index (χ1v) is 9.87. The standard InChI is InChI=1S/C17H24N2O4S/c1-14-4-6-15(7-5-14)24(22,23)13-9-16(20)18-10-8-17(21)19-11-2-3-12-19/h4-7H,2-3,8-13H2,1H3,(H,18,20). The van der Waals surface area contributed by atoms with E-state index in [4.69, 9.17) is 0 Å².